The van der Waals surface area contributed by atoms with Crippen molar-refractivity contribution in [1.29, 1.82) is 0 Å². The summed E-state index contributed by atoms with van der Waals surface area (Å²) in [4.78, 5) is 1.55. The maximum absolute atomic E-state index is 11.3. The molecule has 1 heterocycles. The van der Waals surface area contributed by atoms with Gasteiger partial charge in [0, 0.05) is 32.8 Å². The number of piperazine rings is 1. The molecule has 0 spiro atoms. The average Bonchev–Trinajstić information content (AvgIpc) is 2.26. The second-order valence-electron chi connectivity index (χ2n) is 4.12. The predicted octanol–water partition coefficient (Wildman–Crippen LogP) is -2.41. The Morgan fingerprint density at radius 2 is 1.83 bits per heavy atom. The molecule has 18 heavy (non-hydrogen) atoms. The van der Waals surface area contributed by atoms with Crippen LogP contribution in [-0.4, -0.2) is 102 Å². The Morgan fingerprint density at radius 1 is 1.28 bits per heavy atom. The first kappa shape index (κ1) is 18.8. The van der Waals surface area contributed by atoms with E-state index in [1.807, 2.05) is 0 Å². The van der Waals surface area contributed by atoms with E-state index in [0.717, 1.165) is 0 Å². The molecule has 2 unspecified atom stereocenters. The van der Waals surface area contributed by atoms with E-state index in [4.69, 9.17) is 5.11 Å². The molecule has 1 saturated heterocycles. The number of aliphatic hydroxyl groups is 2. The van der Waals surface area contributed by atoms with Gasteiger partial charge in [-0.25, -0.2) is 0 Å². The summed E-state index contributed by atoms with van der Waals surface area (Å²) in [6.07, 6.45) is -0.736. The Kier molecular flexibility index (Phi) is 9.20. The van der Waals surface area contributed by atoms with E-state index in [9.17, 15) is 18.1 Å². The molecule has 1 aliphatic rings. The van der Waals surface area contributed by atoms with Crippen LogP contribution in [0.25, 0.3) is 0 Å². The summed E-state index contributed by atoms with van der Waals surface area (Å²) >= 11 is 0. The van der Waals surface area contributed by atoms with Gasteiger partial charge in [0.25, 0.3) is 10.1 Å². The van der Waals surface area contributed by atoms with Gasteiger partial charge in [0.15, 0.2) is 5.37 Å². The van der Waals surface area contributed by atoms with E-state index in [0.29, 0.717) is 32.6 Å². The van der Waals surface area contributed by atoms with Crippen LogP contribution in [0.15, 0.2) is 0 Å². The Hall–Kier alpha value is 0.750. The van der Waals surface area contributed by atoms with Gasteiger partial charge in [0.1, 0.15) is 0 Å². The first-order chi connectivity index (χ1) is 7.96. The van der Waals surface area contributed by atoms with Crippen LogP contribution in [0.3, 0.4) is 0 Å². The van der Waals surface area contributed by atoms with E-state index in [-0.39, 0.29) is 42.6 Å². The predicted molar refractivity (Wildman–Crippen MR) is 69.3 cm³/mol. The molecule has 0 aliphatic carbocycles. The fourth-order valence-corrected chi connectivity index (χ4v) is 3.13. The van der Waals surface area contributed by atoms with Gasteiger partial charge in [-0.1, -0.05) is 0 Å². The summed E-state index contributed by atoms with van der Waals surface area (Å²) in [5, 5.41) is 20.2. The standard InChI is InChI=1S/C9H20N2O5S.Na.H/c12-7-1-2-8(13)9(17(14,15)16)11-5-3-10-4-6-11;;/h8-10,12-13H,1-7H2,(H,14,15,16);;. The molecule has 7 nitrogen and oxygen atoms in total. The second kappa shape index (κ2) is 8.83. The van der Waals surface area contributed by atoms with Crippen LogP contribution >= 0.6 is 0 Å². The van der Waals surface area contributed by atoms with Crippen molar-refractivity contribution in [3.8, 4) is 0 Å². The van der Waals surface area contributed by atoms with Crippen molar-refractivity contribution in [1.82, 2.24) is 10.2 Å². The van der Waals surface area contributed by atoms with Crippen LogP contribution in [-0.2, 0) is 10.1 Å². The molecule has 0 saturated carbocycles. The van der Waals surface area contributed by atoms with Crippen LogP contribution in [0, 0.1) is 0 Å². The summed E-state index contributed by atoms with van der Waals surface area (Å²) in [7, 11) is -4.33. The van der Waals surface area contributed by atoms with Crippen molar-refractivity contribution in [3.63, 3.8) is 0 Å². The summed E-state index contributed by atoms with van der Waals surface area (Å²) < 4.78 is 31.8. The van der Waals surface area contributed by atoms with Crippen molar-refractivity contribution in [2.75, 3.05) is 32.8 Å². The van der Waals surface area contributed by atoms with Crippen LogP contribution in [0.2, 0.25) is 0 Å². The first-order valence-corrected chi connectivity index (χ1v) is 7.17. The SMILES string of the molecule is O=S(=O)(O)C(C(O)CCCO)N1CCNCC1.[NaH]. The summed E-state index contributed by atoms with van der Waals surface area (Å²) in [5.41, 5.74) is 0. The summed E-state index contributed by atoms with van der Waals surface area (Å²) in [5.74, 6) is 0. The zero-order valence-corrected chi connectivity index (χ0v) is 10.4. The molecule has 0 aromatic rings. The molecule has 1 fully saturated rings. The molecule has 2 atom stereocenters. The van der Waals surface area contributed by atoms with Crippen molar-refractivity contribution in [2.24, 2.45) is 0 Å². The fourth-order valence-electron chi connectivity index (χ4n) is 2.01. The molecule has 0 aromatic carbocycles. The van der Waals surface area contributed by atoms with Gasteiger partial charge in [-0.3, -0.25) is 9.45 Å². The Bertz CT molecular complexity index is 321. The minimum atomic E-state index is -4.33. The van der Waals surface area contributed by atoms with Crippen molar-refractivity contribution < 1.29 is 23.2 Å². The molecule has 104 valence electrons. The van der Waals surface area contributed by atoms with Gasteiger partial charge < -0.3 is 15.5 Å². The van der Waals surface area contributed by atoms with Gasteiger partial charge >= 0.3 is 29.6 Å². The van der Waals surface area contributed by atoms with Crippen LogP contribution in [0.5, 0.6) is 0 Å². The van der Waals surface area contributed by atoms with Gasteiger partial charge in [-0.15, -0.1) is 0 Å². The summed E-state index contributed by atoms with van der Waals surface area (Å²) in [6, 6.07) is 0. The molecule has 0 aromatic heterocycles. The molecule has 0 amide bonds. The quantitative estimate of drug-likeness (QED) is 0.319. The molecule has 4 N–H and O–H groups in total. The average molecular weight is 292 g/mol. The van der Waals surface area contributed by atoms with E-state index in [1.165, 1.54) is 0 Å². The second-order valence-corrected chi connectivity index (χ2v) is 5.64. The molecule has 9 heteroatoms. The number of hydrogen-bond acceptors (Lipinski definition) is 6. The monoisotopic (exact) mass is 292 g/mol. The minimum absolute atomic E-state index is 0. The zero-order chi connectivity index (χ0) is 12.9. The maximum atomic E-state index is 11.3. The third-order valence-corrected chi connectivity index (χ3v) is 4.03. The van der Waals surface area contributed by atoms with E-state index in [1.54, 1.807) is 4.90 Å². The Labute approximate surface area is 130 Å². The topological polar surface area (TPSA) is 110 Å². The Balaban J connectivity index is 0.00000289. The molecule has 1 rings (SSSR count). The third-order valence-electron chi connectivity index (χ3n) is 2.80. The van der Waals surface area contributed by atoms with Gasteiger partial charge in [-0.2, -0.15) is 8.42 Å². The van der Waals surface area contributed by atoms with Crippen molar-refractivity contribution in [2.45, 2.75) is 24.3 Å². The van der Waals surface area contributed by atoms with E-state index >= 15 is 0 Å². The third kappa shape index (κ3) is 5.81. The van der Waals surface area contributed by atoms with Crippen molar-refractivity contribution >= 4 is 39.7 Å². The number of nitrogens with zero attached hydrogens (tertiary/aromatic N) is 1. The van der Waals surface area contributed by atoms with Crippen LogP contribution in [0.4, 0.5) is 0 Å². The van der Waals surface area contributed by atoms with Crippen LogP contribution in [0.1, 0.15) is 12.8 Å². The van der Waals surface area contributed by atoms with Gasteiger partial charge in [-0.05, 0) is 12.8 Å². The molecule has 0 radical (unpaired) electrons. The molecule has 1 aliphatic heterocycles. The van der Waals surface area contributed by atoms with E-state index in [2.05, 4.69) is 5.32 Å². The van der Waals surface area contributed by atoms with Crippen LogP contribution < -0.4 is 5.32 Å². The zero-order valence-electron chi connectivity index (χ0n) is 9.62. The summed E-state index contributed by atoms with van der Waals surface area (Å²) in [6.45, 7) is 2.05. The number of nitrogens with one attached hydrogen (secondary N) is 1. The number of rotatable bonds is 6. The first-order valence-electron chi connectivity index (χ1n) is 5.67. The van der Waals surface area contributed by atoms with Gasteiger partial charge in [0.05, 0.1) is 6.10 Å². The number of aliphatic hydroxyl groups excluding tert-OH is 2. The van der Waals surface area contributed by atoms with Gasteiger partial charge in [0.2, 0.25) is 0 Å². The fraction of sp³-hybridized carbons (Fsp3) is 1.00. The molecular weight excluding hydrogens is 271 g/mol. The van der Waals surface area contributed by atoms with E-state index < -0.39 is 21.6 Å². The molecular formula is C9H21N2NaO5S. The molecule has 0 bridgehead atoms. The number of hydrogen-bond donors (Lipinski definition) is 4. The normalized spacial score (nSPS) is 21.1. The Morgan fingerprint density at radius 3 is 2.28 bits per heavy atom. The van der Waals surface area contributed by atoms with Crippen molar-refractivity contribution in [3.05, 3.63) is 0 Å².